The Morgan fingerprint density at radius 2 is 1.43 bits per heavy atom. The van der Waals surface area contributed by atoms with Crippen molar-refractivity contribution < 1.29 is 4.74 Å². The molecule has 0 heterocycles. The highest BCUT2D eigenvalue weighted by Gasteiger charge is 2.39. The molecule has 0 amide bonds. The normalized spacial score (nSPS) is 18.4. The van der Waals surface area contributed by atoms with E-state index in [1.54, 1.807) is 0 Å². The summed E-state index contributed by atoms with van der Waals surface area (Å²) in [6.45, 7) is 11.3. The SMILES string of the molecule is CNC(CC1(OC)CCC1)c1c(C)c(C)c(C)c(C)c1C. The quantitative estimate of drug-likeness (QED) is 0.864. The summed E-state index contributed by atoms with van der Waals surface area (Å²) >= 11 is 0. The van der Waals surface area contributed by atoms with Crippen molar-refractivity contribution in [1.82, 2.24) is 5.32 Å². The molecule has 2 nitrogen and oxygen atoms in total. The average Bonchev–Trinajstić information content (AvgIpc) is 2.45. The largest absolute Gasteiger partial charge is 0.378 e. The van der Waals surface area contributed by atoms with Crippen LogP contribution in [0.2, 0.25) is 0 Å². The van der Waals surface area contributed by atoms with Gasteiger partial charge in [-0.1, -0.05) is 0 Å². The molecule has 0 aliphatic heterocycles. The molecule has 0 radical (unpaired) electrons. The zero-order chi connectivity index (χ0) is 15.8. The summed E-state index contributed by atoms with van der Waals surface area (Å²) in [5.74, 6) is 0. The van der Waals surface area contributed by atoms with Crippen LogP contribution < -0.4 is 5.32 Å². The van der Waals surface area contributed by atoms with E-state index in [0.29, 0.717) is 6.04 Å². The number of hydrogen-bond donors (Lipinski definition) is 1. The predicted molar refractivity (Wildman–Crippen MR) is 90.1 cm³/mol. The zero-order valence-corrected chi connectivity index (χ0v) is 14.8. The van der Waals surface area contributed by atoms with E-state index in [9.17, 15) is 0 Å². The van der Waals surface area contributed by atoms with E-state index >= 15 is 0 Å². The average molecular weight is 289 g/mol. The van der Waals surface area contributed by atoms with E-state index in [2.05, 4.69) is 47.0 Å². The Balaban J connectivity index is 2.43. The number of hydrogen-bond acceptors (Lipinski definition) is 2. The number of nitrogens with one attached hydrogen (secondary N) is 1. The van der Waals surface area contributed by atoms with Gasteiger partial charge in [0, 0.05) is 13.2 Å². The highest BCUT2D eigenvalue weighted by Crippen LogP contribution is 2.43. The maximum absolute atomic E-state index is 5.85. The molecule has 1 fully saturated rings. The van der Waals surface area contributed by atoms with Gasteiger partial charge in [0.2, 0.25) is 0 Å². The second kappa shape index (κ2) is 6.10. The van der Waals surface area contributed by atoms with Gasteiger partial charge in [0.05, 0.1) is 5.60 Å². The summed E-state index contributed by atoms with van der Waals surface area (Å²) in [6.07, 6.45) is 4.77. The van der Waals surface area contributed by atoms with Crippen molar-refractivity contribution in [3.05, 3.63) is 33.4 Å². The first-order valence-electron chi connectivity index (χ1n) is 8.16. The smallest absolute Gasteiger partial charge is 0.0697 e. The molecule has 1 unspecified atom stereocenters. The van der Waals surface area contributed by atoms with Crippen molar-refractivity contribution in [3.8, 4) is 0 Å². The number of ether oxygens (including phenoxy) is 1. The molecule has 1 aliphatic rings. The van der Waals surface area contributed by atoms with Crippen LogP contribution in [0, 0.1) is 34.6 Å². The van der Waals surface area contributed by atoms with Gasteiger partial charge in [-0.05, 0) is 101 Å². The monoisotopic (exact) mass is 289 g/mol. The van der Waals surface area contributed by atoms with Gasteiger partial charge in [-0.25, -0.2) is 0 Å². The fourth-order valence-electron chi connectivity index (χ4n) is 3.83. The van der Waals surface area contributed by atoms with Gasteiger partial charge in [0.15, 0.2) is 0 Å². The first-order valence-corrected chi connectivity index (χ1v) is 8.16. The van der Waals surface area contributed by atoms with Crippen LogP contribution in [0.3, 0.4) is 0 Å². The topological polar surface area (TPSA) is 21.3 Å². The van der Waals surface area contributed by atoms with Crippen LogP contribution in [0.25, 0.3) is 0 Å². The van der Waals surface area contributed by atoms with Crippen molar-refractivity contribution >= 4 is 0 Å². The third-order valence-electron chi connectivity index (χ3n) is 6.03. The lowest BCUT2D eigenvalue weighted by Gasteiger charge is -2.43. The van der Waals surface area contributed by atoms with Crippen LogP contribution in [0.5, 0.6) is 0 Å². The molecule has 21 heavy (non-hydrogen) atoms. The van der Waals surface area contributed by atoms with E-state index in [1.807, 2.05) is 7.11 Å². The molecular weight excluding hydrogens is 258 g/mol. The van der Waals surface area contributed by atoms with Crippen LogP contribution in [0.1, 0.15) is 65.1 Å². The van der Waals surface area contributed by atoms with Crippen LogP contribution in [0.4, 0.5) is 0 Å². The summed E-state index contributed by atoms with van der Waals surface area (Å²) in [5, 5.41) is 3.55. The molecule has 1 aliphatic carbocycles. The highest BCUT2D eigenvalue weighted by molar-refractivity contribution is 5.50. The van der Waals surface area contributed by atoms with Gasteiger partial charge in [-0.3, -0.25) is 0 Å². The van der Waals surface area contributed by atoms with Gasteiger partial charge in [-0.2, -0.15) is 0 Å². The lowest BCUT2D eigenvalue weighted by molar-refractivity contribution is -0.0835. The van der Waals surface area contributed by atoms with E-state index in [-0.39, 0.29) is 5.60 Å². The molecule has 0 saturated heterocycles. The Kier molecular flexibility index (Phi) is 4.79. The Bertz CT molecular complexity index is 494. The minimum Gasteiger partial charge on any atom is -0.378 e. The first-order chi connectivity index (χ1) is 9.87. The number of rotatable bonds is 5. The molecule has 0 bridgehead atoms. The predicted octanol–water partition coefficient (Wildman–Crippen LogP) is 4.45. The van der Waals surface area contributed by atoms with Crippen molar-refractivity contribution in [2.45, 2.75) is 71.9 Å². The summed E-state index contributed by atoms with van der Waals surface area (Å²) < 4.78 is 5.85. The van der Waals surface area contributed by atoms with Crippen LogP contribution in [-0.2, 0) is 4.74 Å². The van der Waals surface area contributed by atoms with E-state index in [0.717, 1.165) is 6.42 Å². The molecule has 118 valence electrons. The number of benzene rings is 1. The minimum absolute atomic E-state index is 0.0965. The highest BCUT2D eigenvalue weighted by atomic mass is 16.5. The molecule has 1 aromatic carbocycles. The van der Waals surface area contributed by atoms with Crippen molar-refractivity contribution in [2.24, 2.45) is 0 Å². The summed E-state index contributed by atoms with van der Waals surface area (Å²) in [4.78, 5) is 0. The Morgan fingerprint density at radius 1 is 0.952 bits per heavy atom. The Labute approximate surface area is 130 Å². The van der Waals surface area contributed by atoms with Gasteiger partial charge < -0.3 is 10.1 Å². The molecule has 2 rings (SSSR count). The third kappa shape index (κ3) is 2.76. The molecule has 1 atom stereocenters. The standard InChI is InChI=1S/C19H31NO/c1-12-13(2)15(4)18(16(5)14(12)3)17(20-6)11-19(21-7)9-8-10-19/h17,20H,8-11H2,1-7H3. The Morgan fingerprint density at radius 3 is 1.76 bits per heavy atom. The summed E-state index contributed by atoms with van der Waals surface area (Å²) in [5.41, 5.74) is 8.79. The fourth-order valence-corrected chi connectivity index (χ4v) is 3.83. The third-order valence-corrected chi connectivity index (χ3v) is 6.03. The van der Waals surface area contributed by atoms with Crippen LogP contribution >= 0.6 is 0 Å². The van der Waals surface area contributed by atoms with Gasteiger partial charge in [0.25, 0.3) is 0 Å². The lowest BCUT2D eigenvalue weighted by atomic mass is 9.73. The second-order valence-corrected chi connectivity index (χ2v) is 6.82. The molecule has 1 N–H and O–H groups in total. The van der Waals surface area contributed by atoms with E-state index < -0.39 is 0 Å². The minimum atomic E-state index is 0.0965. The second-order valence-electron chi connectivity index (χ2n) is 6.82. The Hall–Kier alpha value is -0.860. The van der Waals surface area contributed by atoms with Gasteiger partial charge >= 0.3 is 0 Å². The van der Waals surface area contributed by atoms with Crippen LogP contribution in [-0.4, -0.2) is 19.8 Å². The lowest BCUT2D eigenvalue weighted by Crippen LogP contribution is -2.42. The van der Waals surface area contributed by atoms with E-state index in [1.165, 1.54) is 52.6 Å². The fraction of sp³-hybridized carbons (Fsp3) is 0.684. The molecule has 2 heteroatoms. The van der Waals surface area contributed by atoms with Crippen molar-refractivity contribution in [2.75, 3.05) is 14.2 Å². The molecule has 1 saturated carbocycles. The van der Waals surface area contributed by atoms with Crippen molar-refractivity contribution in [1.29, 1.82) is 0 Å². The molecule has 1 aromatic rings. The summed E-state index contributed by atoms with van der Waals surface area (Å²) in [6, 6.07) is 0.378. The van der Waals surface area contributed by atoms with Gasteiger partial charge in [-0.15, -0.1) is 0 Å². The van der Waals surface area contributed by atoms with Crippen LogP contribution in [0.15, 0.2) is 0 Å². The number of methoxy groups -OCH3 is 1. The molecule has 0 aromatic heterocycles. The summed E-state index contributed by atoms with van der Waals surface area (Å²) in [7, 11) is 3.95. The zero-order valence-electron chi connectivity index (χ0n) is 14.8. The van der Waals surface area contributed by atoms with E-state index in [4.69, 9.17) is 4.74 Å². The maximum Gasteiger partial charge on any atom is 0.0697 e. The molecule has 0 spiro atoms. The van der Waals surface area contributed by atoms with Crippen molar-refractivity contribution in [3.63, 3.8) is 0 Å². The maximum atomic E-state index is 5.85. The first kappa shape index (κ1) is 16.5. The van der Waals surface area contributed by atoms with Gasteiger partial charge in [0.1, 0.15) is 0 Å². The molecular formula is C19H31NO.